The Morgan fingerprint density at radius 1 is 1.39 bits per heavy atom. The van der Waals surface area contributed by atoms with Gasteiger partial charge in [0.1, 0.15) is 22.7 Å². The van der Waals surface area contributed by atoms with Crippen molar-refractivity contribution < 1.29 is 14.3 Å². The lowest BCUT2D eigenvalue weighted by atomic mass is 9.58. The molecule has 2 atom stereocenters. The molecule has 0 N–H and O–H groups in total. The summed E-state index contributed by atoms with van der Waals surface area (Å²) >= 11 is 0. The van der Waals surface area contributed by atoms with Crippen LogP contribution in [0.25, 0.3) is 0 Å². The molecule has 0 fully saturated rings. The van der Waals surface area contributed by atoms with Crippen LogP contribution in [0.4, 0.5) is 0 Å². The summed E-state index contributed by atoms with van der Waals surface area (Å²) in [5, 5.41) is 0. The first kappa shape index (κ1) is 11.2. The maximum Gasteiger partial charge on any atom is 0.148 e. The molecule has 3 heteroatoms. The van der Waals surface area contributed by atoms with Crippen molar-refractivity contribution in [3.63, 3.8) is 0 Å². The quantitative estimate of drug-likeness (QED) is 0.797. The molecule has 0 aromatic heterocycles. The number of methoxy groups -OCH3 is 1. The molecule has 0 unspecified atom stereocenters. The van der Waals surface area contributed by atoms with Crippen LogP contribution in [0.5, 0.6) is 0 Å². The molecular weight excluding hydrogens is 228 g/mol. The summed E-state index contributed by atoms with van der Waals surface area (Å²) in [6.07, 6.45) is 2.03. The van der Waals surface area contributed by atoms with Gasteiger partial charge in [-0.1, -0.05) is 24.3 Å². The molecule has 2 bridgehead atoms. The van der Waals surface area contributed by atoms with E-state index in [1.807, 2.05) is 24.3 Å². The SMILES string of the molecule is COC1=C[C@H]2C(=O)C[C@@]1(C(C)=O)c1ccccc12. The summed E-state index contributed by atoms with van der Waals surface area (Å²) in [6.45, 7) is 1.53. The number of rotatable bonds is 2. The fourth-order valence-electron chi connectivity index (χ4n) is 3.22. The molecule has 0 saturated carbocycles. The molecule has 4 rings (SSSR count). The summed E-state index contributed by atoms with van der Waals surface area (Å²) in [5.74, 6) is 0.440. The van der Waals surface area contributed by atoms with E-state index in [1.165, 1.54) is 6.92 Å². The highest BCUT2D eigenvalue weighted by atomic mass is 16.5. The first-order valence-electron chi connectivity index (χ1n) is 6.00. The number of carbonyl (C=O) groups excluding carboxylic acids is 2. The van der Waals surface area contributed by atoms with E-state index in [1.54, 1.807) is 13.2 Å². The van der Waals surface area contributed by atoms with Crippen molar-refractivity contribution in [2.45, 2.75) is 24.7 Å². The third kappa shape index (κ3) is 1.14. The van der Waals surface area contributed by atoms with Gasteiger partial charge >= 0.3 is 0 Å². The summed E-state index contributed by atoms with van der Waals surface area (Å²) in [7, 11) is 1.56. The minimum Gasteiger partial charge on any atom is -0.500 e. The number of allylic oxidation sites excluding steroid dienone is 2. The molecule has 0 heterocycles. The molecule has 3 aliphatic rings. The molecule has 1 aromatic rings. The van der Waals surface area contributed by atoms with E-state index in [0.717, 1.165) is 11.1 Å². The molecule has 3 nitrogen and oxygen atoms in total. The van der Waals surface area contributed by atoms with Crippen molar-refractivity contribution in [3.05, 3.63) is 47.2 Å². The average Bonchev–Trinajstić information content (AvgIpc) is 2.38. The van der Waals surface area contributed by atoms with Gasteiger partial charge in [-0.3, -0.25) is 9.59 Å². The van der Waals surface area contributed by atoms with Crippen LogP contribution < -0.4 is 0 Å². The number of fused-ring (bicyclic) bond motifs is 1. The molecule has 0 saturated heterocycles. The monoisotopic (exact) mass is 242 g/mol. The highest BCUT2D eigenvalue weighted by Crippen LogP contribution is 2.51. The maximum atomic E-state index is 12.2. The largest absolute Gasteiger partial charge is 0.500 e. The Bertz CT molecular complexity index is 585. The number of ether oxygens (including phenoxy) is 1. The van der Waals surface area contributed by atoms with Gasteiger partial charge in [0.25, 0.3) is 0 Å². The Balaban J connectivity index is 2.36. The van der Waals surface area contributed by atoms with Gasteiger partial charge in [-0.15, -0.1) is 0 Å². The van der Waals surface area contributed by atoms with Gasteiger partial charge in [0.15, 0.2) is 0 Å². The van der Waals surface area contributed by atoms with Crippen LogP contribution in [-0.2, 0) is 19.7 Å². The predicted octanol–water partition coefficient (Wildman–Crippen LogP) is 2.11. The number of ketones is 2. The molecule has 3 aliphatic carbocycles. The van der Waals surface area contributed by atoms with Gasteiger partial charge in [-0.2, -0.15) is 0 Å². The molecule has 18 heavy (non-hydrogen) atoms. The van der Waals surface area contributed by atoms with E-state index < -0.39 is 5.41 Å². The van der Waals surface area contributed by atoms with Crippen molar-refractivity contribution in [3.8, 4) is 0 Å². The molecule has 0 radical (unpaired) electrons. The van der Waals surface area contributed by atoms with Crippen LogP contribution in [0.1, 0.15) is 30.4 Å². The van der Waals surface area contributed by atoms with Gasteiger partial charge in [0, 0.05) is 6.42 Å². The van der Waals surface area contributed by atoms with E-state index in [9.17, 15) is 9.59 Å². The average molecular weight is 242 g/mol. The standard InChI is InChI=1S/C15H14O3/c1-9(16)15-8-13(17)11(7-14(15)18-2)10-5-3-4-6-12(10)15/h3-7,11H,8H2,1-2H3/t11-,15-/m1/s1. The highest BCUT2D eigenvalue weighted by Gasteiger charge is 2.54. The Labute approximate surface area is 105 Å². The van der Waals surface area contributed by atoms with Crippen LogP contribution in [0.3, 0.4) is 0 Å². The zero-order chi connectivity index (χ0) is 12.9. The maximum absolute atomic E-state index is 12.2. The number of Topliss-reactive ketones (excluding diaryl/α,β-unsaturated/α-hetero) is 2. The van der Waals surface area contributed by atoms with Crippen LogP contribution >= 0.6 is 0 Å². The molecule has 92 valence electrons. The zero-order valence-corrected chi connectivity index (χ0v) is 10.4. The van der Waals surface area contributed by atoms with E-state index in [4.69, 9.17) is 4.74 Å². The van der Waals surface area contributed by atoms with Gasteiger partial charge in [-0.05, 0) is 24.1 Å². The van der Waals surface area contributed by atoms with E-state index in [2.05, 4.69) is 0 Å². The lowest BCUT2D eigenvalue weighted by molar-refractivity contribution is -0.130. The molecular formula is C15H14O3. The Hall–Kier alpha value is -1.90. The van der Waals surface area contributed by atoms with Crippen molar-refractivity contribution in [2.24, 2.45) is 0 Å². The lowest BCUT2D eigenvalue weighted by Crippen LogP contribution is -2.48. The summed E-state index contributed by atoms with van der Waals surface area (Å²) in [6, 6.07) is 7.67. The fraction of sp³-hybridized carbons (Fsp3) is 0.333. The topological polar surface area (TPSA) is 43.4 Å². The van der Waals surface area contributed by atoms with Crippen molar-refractivity contribution in [2.75, 3.05) is 7.11 Å². The number of carbonyl (C=O) groups is 2. The fourth-order valence-corrected chi connectivity index (χ4v) is 3.22. The highest BCUT2D eigenvalue weighted by molar-refractivity contribution is 6.04. The van der Waals surface area contributed by atoms with Crippen LogP contribution in [0.2, 0.25) is 0 Å². The van der Waals surface area contributed by atoms with E-state index in [0.29, 0.717) is 5.76 Å². The number of benzene rings is 1. The second-order valence-corrected chi connectivity index (χ2v) is 4.90. The Morgan fingerprint density at radius 2 is 2.11 bits per heavy atom. The number of hydrogen-bond acceptors (Lipinski definition) is 3. The van der Waals surface area contributed by atoms with Crippen molar-refractivity contribution >= 4 is 11.6 Å². The Morgan fingerprint density at radius 3 is 2.78 bits per heavy atom. The van der Waals surface area contributed by atoms with E-state index in [-0.39, 0.29) is 23.9 Å². The minimum atomic E-state index is -0.892. The summed E-state index contributed by atoms with van der Waals surface area (Å²) in [5.41, 5.74) is 0.989. The van der Waals surface area contributed by atoms with Crippen LogP contribution in [0, 0.1) is 0 Å². The van der Waals surface area contributed by atoms with Crippen molar-refractivity contribution in [1.82, 2.24) is 0 Å². The van der Waals surface area contributed by atoms with E-state index >= 15 is 0 Å². The normalized spacial score (nSPS) is 28.7. The summed E-state index contributed by atoms with van der Waals surface area (Å²) < 4.78 is 5.38. The van der Waals surface area contributed by atoms with Crippen LogP contribution in [-0.4, -0.2) is 18.7 Å². The van der Waals surface area contributed by atoms with Crippen LogP contribution in [0.15, 0.2) is 36.1 Å². The molecule has 0 aliphatic heterocycles. The first-order chi connectivity index (χ1) is 8.61. The predicted molar refractivity (Wildman–Crippen MR) is 66.3 cm³/mol. The zero-order valence-electron chi connectivity index (χ0n) is 10.4. The second-order valence-electron chi connectivity index (χ2n) is 4.90. The smallest absolute Gasteiger partial charge is 0.148 e. The third-order valence-electron chi connectivity index (χ3n) is 4.10. The van der Waals surface area contributed by atoms with Gasteiger partial charge in [-0.25, -0.2) is 0 Å². The molecule has 0 spiro atoms. The lowest BCUT2D eigenvalue weighted by Gasteiger charge is -2.44. The Kier molecular flexibility index (Phi) is 2.21. The first-order valence-corrected chi connectivity index (χ1v) is 6.00. The minimum absolute atomic E-state index is 0.0328. The molecule has 0 amide bonds. The molecule has 1 aromatic carbocycles. The third-order valence-corrected chi connectivity index (χ3v) is 4.10. The van der Waals surface area contributed by atoms with Gasteiger partial charge < -0.3 is 4.74 Å². The van der Waals surface area contributed by atoms with Crippen molar-refractivity contribution in [1.29, 1.82) is 0 Å². The number of hydrogen-bond donors (Lipinski definition) is 0. The second kappa shape index (κ2) is 3.55. The summed E-state index contributed by atoms with van der Waals surface area (Å²) in [4.78, 5) is 24.3. The van der Waals surface area contributed by atoms with Gasteiger partial charge in [0.05, 0.1) is 13.0 Å². The van der Waals surface area contributed by atoms with Gasteiger partial charge in [0.2, 0.25) is 0 Å².